The summed E-state index contributed by atoms with van der Waals surface area (Å²) in [6.45, 7) is 0.196. The molecule has 0 fully saturated rings. The minimum atomic E-state index is -0.514. The van der Waals surface area contributed by atoms with E-state index in [2.05, 4.69) is 15.5 Å². The van der Waals surface area contributed by atoms with Gasteiger partial charge in [-0.15, -0.1) is 10.2 Å². The van der Waals surface area contributed by atoms with Crippen LogP contribution in [0.4, 0.5) is 10.1 Å². The summed E-state index contributed by atoms with van der Waals surface area (Å²) in [7, 11) is 4.52. The van der Waals surface area contributed by atoms with Crippen molar-refractivity contribution in [2.45, 2.75) is 11.7 Å². The van der Waals surface area contributed by atoms with Crippen molar-refractivity contribution < 1.29 is 13.9 Å². The quantitative estimate of drug-likeness (QED) is 0.324. The van der Waals surface area contributed by atoms with E-state index in [0.29, 0.717) is 28.0 Å². The number of nitrogens with one attached hydrogen (secondary N) is 1. The summed E-state index contributed by atoms with van der Waals surface area (Å²) >= 11 is 1.12. The number of aromatic nitrogens is 6. The number of thioether (sulfide) groups is 1. The minimum absolute atomic E-state index is 0.0102. The molecule has 1 amide bonds. The van der Waals surface area contributed by atoms with E-state index in [-0.39, 0.29) is 29.5 Å². The molecule has 0 aliphatic rings. The van der Waals surface area contributed by atoms with E-state index in [1.54, 1.807) is 59.5 Å². The SMILES string of the molecule is COc1ccc(NC(=O)CSc2nnc3n(Cc4ccc(F)cc4)c4c(=O)n(C)c(=O)n(C)c4n23)cc1. The number of halogens is 1. The van der Waals surface area contributed by atoms with Crippen molar-refractivity contribution in [3.63, 3.8) is 0 Å². The van der Waals surface area contributed by atoms with E-state index in [0.717, 1.165) is 21.9 Å². The minimum Gasteiger partial charge on any atom is -0.497 e. The number of aryl methyl sites for hydroxylation is 1. The van der Waals surface area contributed by atoms with Crippen molar-refractivity contribution in [2.24, 2.45) is 14.1 Å². The van der Waals surface area contributed by atoms with Gasteiger partial charge in [0.1, 0.15) is 11.6 Å². The molecular formula is C24H22FN7O4S. The first-order valence-corrected chi connectivity index (χ1v) is 12.1. The smallest absolute Gasteiger partial charge is 0.332 e. The van der Waals surface area contributed by atoms with Gasteiger partial charge < -0.3 is 10.1 Å². The first kappa shape index (κ1) is 24.3. The third-order valence-electron chi connectivity index (χ3n) is 5.91. The largest absolute Gasteiger partial charge is 0.497 e. The molecule has 37 heavy (non-hydrogen) atoms. The Hall–Kier alpha value is -4.39. The van der Waals surface area contributed by atoms with Gasteiger partial charge in [-0.1, -0.05) is 23.9 Å². The number of carbonyl (C=O) groups excluding carboxylic acids is 1. The summed E-state index contributed by atoms with van der Waals surface area (Å²) in [6.07, 6.45) is 0. The maximum Gasteiger partial charge on any atom is 0.332 e. The van der Waals surface area contributed by atoms with E-state index in [1.165, 1.54) is 23.7 Å². The Morgan fingerprint density at radius 1 is 1.03 bits per heavy atom. The number of imidazole rings is 1. The fourth-order valence-electron chi connectivity index (χ4n) is 4.05. The number of methoxy groups -OCH3 is 1. The molecule has 0 saturated heterocycles. The summed E-state index contributed by atoms with van der Waals surface area (Å²) in [4.78, 5) is 38.5. The number of fused-ring (bicyclic) bond motifs is 3. The summed E-state index contributed by atoms with van der Waals surface area (Å²) < 4.78 is 24.2. The van der Waals surface area contributed by atoms with Gasteiger partial charge in [0.25, 0.3) is 5.56 Å². The lowest BCUT2D eigenvalue weighted by Gasteiger charge is -2.08. The fraction of sp³-hybridized carbons (Fsp3) is 0.208. The van der Waals surface area contributed by atoms with Gasteiger partial charge in [-0.05, 0) is 42.0 Å². The number of anilines is 1. The van der Waals surface area contributed by atoms with E-state index >= 15 is 0 Å². The first-order valence-electron chi connectivity index (χ1n) is 11.1. The van der Waals surface area contributed by atoms with Crippen LogP contribution in [0.25, 0.3) is 16.9 Å². The lowest BCUT2D eigenvalue weighted by molar-refractivity contribution is -0.113. The molecule has 13 heteroatoms. The fourth-order valence-corrected chi connectivity index (χ4v) is 4.78. The summed E-state index contributed by atoms with van der Waals surface area (Å²) in [5, 5.41) is 11.6. The van der Waals surface area contributed by atoms with Gasteiger partial charge in [-0.25, -0.2) is 13.6 Å². The normalized spacial score (nSPS) is 11.4. The van der Waals surface area contributed by atoms with Crippen LogP contribution in [-0.4, -0.2) is 47.1 Å². The van der Waals surface area contributed by atoms with Crippen molar-refractivity contribution in [3.05, 3.63) is 80.7 Å². The molecule has 0 unspecified atom stereocenters. The number of rotatable bonds is 7. The van der Waals surface area contributed by atoms with E-state index in [1.807, 2.05) is 0 Å². The van der Waals surface area contributed by atoms with Crippen LogP contribution in [0.5, 0.6) is 5.75 Å². The zero-order valence-electron chi connectivity index (χ0n) is 20.1. The molecule has 1 N–H and O–H groups in total. The second-order valence-electron chi connectivity index (χ2n) is 8.27. The van der Waals surface area contributed by atoms with Gasteiger partial charge in [-0.3, -0.25) is 23.3 Å². The number of nitrogens with zero attached hydrogens (tertiary/aromatic N) is 6. The maximum absolute atomic E-state index is 13.4. The summed E-state index contributed by atoms with van der Waals surface area (Å²) in [5.41, 5.74) is 0.864. The van der Waals surface area contributed by atoms with Crippen LogP contribution in [0.1, 0.15) is 5.56 Å². The predicted molar refractivity (Wildman–Crippen MR) is 137 cm³/mol. The molecule has 3 heterocycles. The molecule has 0 radical (unpaired) electrons. The molecule has 3 aromatic heterocycles. The molecule has 2 aromatic carbocycles. The van der Waals surface area contributed by atoms with Crippen LogP contribution in [0.2, 0.25) is 0 Å². The van der Waals surface area contributed by atoms with Gasteiger partial charge in [0.15, 0.2) is 16.3 Å². The van der Waals surface area contributed by atoms with Gasteiger partial charge in [0.2, 0.25) is 11.7 Å². The lowest BCUT2D eigenvalue weighted by Crippen LogP contribution is -2.37. The zero-order chi connectivity index (χ0) is 26.3. The molecule has 5 rings (SSSR count). The molecule has 190 valence electrons. The zero-order valence-corrected chi connectivity index (χ0v) is 21.0. The number of ether oxygens (including phenoxy) is 1. The van der Waals surface area contributed by atoms with Crippen molar-refractivity contribution in [1.29, 1.82) is 0 Å². The monoisotopic (exact) mass is 523 g/mol. The van der Waals surface area contributed by atoms with Crippen LogP contribution in [0.3, 0.4) is 0 Å². The van der Waals surface area contributed by atoms with Gasteiger partial charge in [0.05, 0.1) is 19.4 Å². The van der Waals surface area contributed by atoms with Crippen molar-refractivity contribution in [1.82, 2.24) is 28.3 Å². The Bertz CT molecular complexity index is 1750. The Kier molecular flexibility index (Phi) is 6.29. The van der Waals surface area contributed by atoms with Crippen LogP contribution in [0, 0.1) is 5.82 Å². The average molecular weight is 524 g/mol. The lowest BCUT2D eigenvalue weighted by atomic mass is 10.2. The predicted octanol–water partition coefficient (Wildman–Crippen LogP) is 2.01. The van der Waals surface area contributed by atoms with E-state index < -0.39 is 11.2 Å². The number of carbonyl (C=O) groups is 1. The van der Waals surface area contributed by atoms with Crippen molar-refractivity contribution >= 4 is 40.3 Å². The molecule has 0 aliphatic carbocycles. The molecule has 5 aromatic rings. The first-order chi connectivity index (χ1) is 17.8. The van der Waals surface area contributed by atoms with E-state index in [9.17, 15) is 18.8 Å². The summed E-state index contributed by atoms with van der Waals surface area (Å²) in [6, 6.07) is 12.8. The number of benzene rings is 2. The van der Waals surface area contributed by atoms with Crippen molar-refractivity contribution in [2.75, 3.05) is 18.2 Å². The highest BCUT2D eigenvalue weighted by Crippen LogP contribution is 2.25. The number of hydrogen-bond acceptors (Lipinski definition) is 7. The van der Waals surface area contributed by atoms with Gasteiger partial charge in [0, 0.05) is 19.8 Å². The Balaban J connectivity index is 1.53. The third-order valence-corrected chi connectivity index (χ3v) is 6.84. The summed E-state index contributed by atoms with van der Waals surface area (Å²) in [5.74, 6) is 0.351. The average Bonchev–Trinajstić information content (AvgIpc) is 3.45. The standard InChI is InChI=1S/C24H22FN7O4S/c1-29-20-19(21(34)30(2)24(29)35)31(12-14-4-6-15(25)7-5-14)22-27-28-23(32(20)22)37-13-18(33)26-16-8-10-17(36-3)11-9-16/h4-11H,12-13H2,1-3H3,(H,26,33). The highest BCUT2D eigenvalue weighted by molar-refractivity contribution is 7.99. The van der Waals surface area contributed by atoms with E-state index in [4.69, 9.17) is 4.74 Å². The Morgan fingerprint density at radius 2 is 1.73 bits per heavy atom. The second kappa shape index (κ2) is 9.58. The highest BCUT2D eigenvalue weighted by atomic mass is 32.2. The van der Waals surface area contributed by atoms with Crippen LogP contribution in [0.15, 0.2) is 63.3 Å². The molecular weight excluding hydrogens is 501 g/mol. The highest BCUT2D eigenvalue weighted by Gasteiger charge is 2.24. The number of hydrogen-bond donors (Lipinski definition) is 1. The van der Waals surface area contributed by atoms with Crippen LogP contribution < -0.4 is 21.3 Å². The Labute approximate surface area is 213 Å². The molecule has 0 aliphatic heterocycles. The molecule has 11 nitrogen and oxygen atoms in total. The van der Waals surface area contributed by atoms with Crippen molar-refractivity contribution in [3.8, 4) is 5.75 Å². The van der Waals surface area contributed by atoms with Crippen LogP contribution >= 0.6 is 11.8 Å². The van der Waals surface area contributed by atoms with Gasteiger partial charge >= 0.3 is 5.69 Å². The Morgan fingerprint density at radius 3 is 2.41 bits per heavy atom. The van der Waals surface area contributed by atoms with Gasteiger partial charge in [-0.2, -0.15) is 0 Å². The third kappa shape index (κ3) is 4.37. The molecule has 0 atom stereocenters. The second-order valence-corrected chi connectivity index (χ2v) is 9.22. The maximum atomic E-state index is 13.4. The molecule has 0 spiro atoms. The van der Waals surface area contributed by atoms with Crippen LogP contribution in [-0.2, 0) is 25.4 Å². The number of amides is 1. The molecule has 0 saturated carbocycles. The molecule has 0 bridgehead atoms. The topological polar surface area (TPSA) is 117 Å².